The van der Waals surface area contributed by atoms with Crippen LogP contribution in [0.2, 0.25) is 0 Å². The lowest BCUT2D eigenvalue weighted by Crippen LogP contribution is -2.08. The number of carbonyl (C=O) groups is 1. The summed E-state index contributed by atoms with van der Waals surface area (Å²) in [5.41, 5.74) is 1.82. The summed E-state index contributed by atoms with van der Waals surface area (Å²) in [6.07, 6.45) is 4.72. The van der Waals surface area contributed by atoms with Crippen molar-refractivity contribution in [3.8, 4) is 28.0 Å². The number of benzene rings is 1. The zero-order chi connectivity index (χ0) is 20.8. The minimum atomic E-state index is -0.544. The molecule has 4 rings (SSSR count). The Morgan fingerprint density at radius 2 is 1.93 bits per heavy atom. The quantitative estimate of drug-likeness (QED) is 0.399. The van der Waals surface area contributed by atoms with E-state index in [-0.39, 0.29) is 18.1 Å². The molecule has 8 heteroatoms. The molecule has 0 atom stereocenters. The number of methoxy groups -OCH3 is 1. The monoisotopic (exact) mass is 419 g/mol. The number of ether oxygens (including phenoxy) is 3. The van der Waals surface area contributed by atoms with Gasteiger partial charge in [-0.2, -0.15) is 0 Å². The van der Waals surface area contributed by atoms with E-state index in [2.05, 4.69) is 15.0 Å². The maximum absolute atomic E-state index is 12.6. The average Bonchev–Trinajstić information content (AvgIpc) is 3.28. The van der Waals surface area contributed by atoms with Crippen LogP contribution in [0, 0.1) is 0 Å². The Morgan fingerprint density at radius 1 is 1.07 bits per heavy atom. The molecule has 150 valence electrons. The Kier molecular flexibility index (Phi) is 5.95. The molecule has 3 aromatic heterocycles. The third-order valence-corrected chi connectivity index (χ3v) is 5.00. The third-order valence-electron chi connectivity index (χ3n) is 4.06. The molecule has 0 bridgehead atoms. The molecule has 7 nitrogen and oxygen atoms in total. The van der Waals surface area contributed by atoms with Crippen molar-refractivity contribution in [1.82, 2.24) is 15.0 Å². The van der Waals surface area contributed by atoms with Crippen molar-refractivity contribution in [2.24, 2.45) is 0 Å². The highest BCUT2D eigenvalue weighted by molar-refractivity contribution is 7.13. The largest absolute Gasteiger partial charge is 0.497 e. The van der Waals surface area contributed by atoms with Crippen LogP contribution in [-0.2, 0) is 11.3 Å². The van der Waals surface area contributed by atoms with Crippen molar-refractivity contribution in [2.75, 3.05) is 7.11 Å². The van der Waals surface area contributed by atoms with Gasteiger partial charge in [-0.15, -0.1) is 11.3 Å². The first-order valence-electron chi connectivity index (χ1n) is 9.02. The van der Waals surface area contributed by atoms with Crippen LogP contribution in [0.15, 0.2) is 72.5 Å². The summed E-state index contributed by atoms with van der Waals surface area (Å²) in [5, 5.41) is 2.68. The molecular weight excluding hydrogens is 402 g/mol. The van der Waals surface area contributed by atoms with Crippen LogP contribution in [0.1, 0.15) is 16.1 Å². The van der Waals surface area contributed by atoms with E-state index < -0.39 is 5.97 Å². The van der Waals surface area contributed by atoms with E-state index >= 15 is 0 Å². The highest BCUT2D eigenvalue weighted by atomic mass is 32.1. The van der Waals surface area contributed by atoms with E-state index in [0.29, 0.717) is 11.4 Å². The van der Waals surface area contributed by atoms with Gasteiger partial charge in [0.25, 0.3) is 0 Å². The summed E-state index contributed by atoms with van der Waals surface area (Å²) >= 11 is 1.47. The van der Waals surface area contributed by atoms with Gasteiger partial charge >= 0.3 is 5.97 Å². The van der Waals surface area contributed by atoms with Gasteiger partial charge in [-0.1, -0.05) is 12.1 Å². The van der Waals surface area contributed by atoms with Crippen molar-refractivity contribution in [3.63, 3.8) is 0 Å². The molecule has 0 aliphatic heterocycles. The topological polar surface area (TPSA) is 83.4 Å². The molecule has 0 fully saturated rings. The first kappa shape index (κ1) is 19.5. The van der Waals surface area contributed by atoms with Crippen LogP contribution in [0.3, 0.4) is 0 Å². The maximum atomic E-state index is 12.6. The van der Waals surface area contributed by atoms with Gasteiger partial charge in [0.2, 0.25) is 5.88 Å². The Hall–Kier alpha value is -3.78. The summed E-state index contributed by atoms with van der Waals surface area (Å²) in [6, 6.07) is 14.4. The number of carbonyl (C=O) groups excluding carboxylic acids is 1. The lowest BCUT2D eigenvalue weighted by atomic mass is 10.2. The van der Waals surface area contributed by atoms with Gasteiger partial charge in [-0.3, -0.25) is 4.98 Å². The maximum Gasteiger partial charge on any atom is 0.344 e. The predicted octanol–water partition coefficient (Wildman–Crippen LogP) is 4.76. The summed E-state index contributed by atoms with van der Waals surface area (Å²) < 4.78 is 16.3. The number of rotatable bonds is 7. The SMILES string of the molecule is COc1cccc(-c2nc(COC(=O)c3cccnc3Oc3cccnc3)cs2)c1. The van der Waals surface area contributed by atoms with E-state index in [1.807, 2.05) is 29.6 Å². The molecule has 0 saturated heterocycles. The normalized spacial score (nSPS) is 10.4. The molecule has 0 aliphatic rings. The van der Waals surface area contributed by atoms with Gasteiger partial charge in [0.1, 0.15) is 28.7 Å². The molecule has 4 aromatic rings. The van der Waals surface area contributed by atoms with Gasteiger partial charge in [0.15, 0.2) is 0 Å². The van der Waals surface area contributed by atoms with Crippen molar-refractivity contribution in [2.45, 2.75) is 6.61 Å². The number of nitrogens with zero attached hydrogens (tertiary/aromatic N) is 3. The Balaban J connectivity index is 1.44. The fourth-order valence-electron chi connectivity index (χ4n) is 2.63. The van der Waals surface area contributed by atoms with Crippen LogP contribution < -0.4 is 9.47 Å². The zero-order valence-electron chi connectivity index (χ0n) is 16.0. The van der Waals surface area contributed by atoms with E-state index in [9.17, 15) is 4.79 Å². The summed E-state index contributed by atoms with van der Waals surface area (Å²) in [7, 11) is 1.62. The lowest BCUT2D eigenvalue weighted by molar-refractivity contribution is 0.0465. The number of hydrogen-bond donors (Lipinski definition) is 0. The standard InChI is InChI=1S/C22H17N3O4S/c1-27-17-6-2-5-15(11-17)21-25-16(14-30-21)13-28-22(26)19-8-4-10-24-20(19)29-18-7-3-9-23-12-18/h2-12,14H,13H2,1H3. The van der Waals surface area contributed by atoms with Crippen molar-refractivity contribution < 1.29 is 19.0 Å². The fourth-order valence-corrected chi connectivity index (χ4v) is 3.43. The molecule has 0 amide bonds. The molecule has 0 N–H and O–H groups in total. The number of esters is 1. The van der Waals surface area contributed by atoms with Gasteiger partial charge < -0.3 is 14.2 Å². The van der Waals surface area contributed by atoms with Crippen LogP contribution in [0.4, 0.5) is 0 Å². The first-order chi connectivity index (χ1) is 14.7. The molecule has 0 spiro atoms. The van der Waals surface area contributed by atoms with E-state index in [1.165, 1.54) is 11.3 Å². The van der Waals surface area contributed by atoms with Crippen LogP contribution in [0.25, 0.3) is 10.6 Å². The average molecular weight is 419 g/mol. The van der Waals surface area contributed by atoms with Gasteiger partial charge in [-0.25, -0.2) is 14.8 Å². The summed E-state index contributed by atoms with van der Waals surface area (Å²) in [4.78, 5) is 25.3. The number of thiazole rings is 1. The molecule has 0 radical (unpaired) electrons. The summed E-state index contributed by atoms with van der Waals surface area (Å²) in [5.74, 6) is 0.852. The second-order valence-corrected chi connectivity index (χ2v) is 6.96. The van der Waals surface area contributed by atoms with Gasteiger partial charge in [-0.05, 0) is 36.4 Å². The van der Waals surface area contributed by atoms with Crippen molar-refractivity contribution >= 4 is 17.3 Å². The fraction of sp³-hybridized carbons (Fsp3) is 0.0909. The van der Waals surface area contributed by atoms with Crippen LogP contribution in [-0.4, -0.2) is 28.0 Å². The lowest BCUT2D eigenvalue weighted by Gasteiger charge is -2.09. The Bertz CT molecular complexity index is 1150. The van der Waals surface area contributed by atoms with Gasteiger partial charge in [0, 0.05) is 23.3 Å². The van der Waals surface area contributed by atoms with Crippen molar-refractivity contribution in [1.29, 1.82) is 0 Å². The molecule has 0 saturated carbocycles. The van der Waals surface area contributed by atoms with Crippen LogP contribution in [0.5, 0.6) is 17.4 Å². The molecule has 0 unspecified atom stereocenters. The molecular formula is C22H17N3O4S. The van der Waals surface area contributed by atoms with Crippen LogP contribution >= 0.6 is 11.3 Å². The summed E-state index contributed by atoms with van der Waals surface area (Å²) in [6.45, 7) is 0.0422. The minimum absolute atomic E-state index is 0.0422. The van der Waals surface area contributed by atoms with Gasteiger partial charge in [0.05, 0.1) is 19.0 Å². The third kappa shape index (κ3) is 4.61. The van der Waals surface area contributed by atoms with E-state index in [4.69, 9.17) is 14.2 Å². The Labute approximate surface area is 176 Å². The minimum Gasteiger partial charge on any atom is -0.497 e. The molecule has 30 heavy (non-hydrogen) atoms. The smallest absolute Gasteiger partial charge is 0.344 e. The second kappa shape index (κ2) is 9.15. The first-order valence-corrected chi connectivity index (χ1v) is 9.90. The zero-order valence-corrected chi connectivity index (χ0v) is 16.8. The number of pyridine rings is 2. The molecule has 1 aromatic carbocycles. The highest BCUT2D eigenvalue weighted by Gasteiger charge is 2.17. The number of aromatic nitrogens is 3. The van der Waals surface area contributed by atoms with E-state index in [0.717, 1.165) is 16.3 Å². The highest BCUT2D eigenvalue weighted by Crippen LogP contribution is 2.27. The van der Waals surface area contributed by atoms with Crippen molar-refractivity contribution in [3.05, 3.63) is 83.8 Å². The number of hydrogen-bond acceptors (Lipinski definition) is 8. The van der Waals surface area contributed by atoms with E-state index in [1.54, 1.807) is 50.0 Å². The second-order valence-electron chi connectivity index (χ2n) is 6.10. The molecule has 0 aliphatic carbocycles. The molecule has 3 heterocycles. The predicted molar refractivity (Wildman–Crippen MR) is 112 cm³/mol. The Morgan fingerprint density at radius 3 is 2.77 bits per heavy atom.